The zero-order chi connectivity index (χ0) is 21.5. The lowest BCUT2D eigenvalue weighted by Crippen LogP contribution is -2.33. The highest BCUT2D eigenvalue weighted by atomic mass is 35.5. The maximum atomic E-state index is 13.2. The van der Waals surface area contributed by atoms with Gasteiger partial charge in [-0.25, -0.2) is 9.97 Å². The van der Waals surface area contributed by atoms with Crippen LogP contribution in [0.15, 0.2) is 24.5 Å². The standard InChI is InChI=1S/C20H20ClF3N4O2/c21-19-18-17(25-11-26-19)14-7-13(1-2-15(14)28(18)10-20(22,23)24)9-27-5-3-12(4-6-27)8-16(29)30/h1-2,7,11-12H,3-6,8-10H2,(H,29,30). The number of halogens is 4. The molecule has 0 saturated carbocycles. The smallest absolute Gasteiger partial charge is 0.406 e. The van der Waals surface area contributed by atoms with Crippen LogP contribution < -0.4 is 0 Å². The second kappa shape index (κ2) is 8.03. The number of hydrogen-bond donors (Lipinski definition) is 1. The first kappa shape index (κ1) is 20.9. The predicted molar refractivity (Wildman–Crippen MR) is 106 cm³/mol. The van der Waals surface area contributed by atoms with Gasteiger partial charge >= 0.3 is 12.1 Å². The molecule has 1 saturated heterocycles. The van der Waals surface area contributed by atoms with Crippen LogP contribution in [-0.4, -0.2) is 49.8 Å². The molecule has 0 unspecified atom stereocenters. The van der Waals surface area contributed by atoms with Crippen LogP contribution >= 0.6 is 11.6 Å². The van der Waals surface area contributed by atoms with E-state index in [4.69, 9.17) is 16.7 Å². The number of carbonyl (C=O) groups is 1. The average molecular weight is 441 g/mol. The van der Waals surface area contributed by atoms with Crippen LogP contribution in [-0.2, 0) is 17.9 Å². The van der Waals surface area contributed by atoms with E-state index in [1.807, 2.05) is 12.1 Å². The predicted octanol–water partition coefficient (Wildman–Crippen LogP) is 4.49. The highest BCUT2D eigenvalue weighted by molar-refractivity contribution is 6.34. The minimum Gasteiger partial charge on any atom is -0.481 e. The third-order valence-corrected chi connectivity index (χ3v) is 5.85. The summed E-state index contributed by atoms with van der Waals surface area (Å²) >= 11 is 6.12. The van der Waals surface area contributed by atoms with E-state index in [1.54, 1.807) is 6.07 Å². The number of hydrogen-bond acceptors (Lipinski definition) is 4. The van der Waals surface area contributed by atoms with Gasteiger partial charge in [0.15, 0.2) is 5.15 Å². The number of carboxylic acid groups (broad SMARTS) is 1. The Morgan fingerprint density at radius 3 is 2.63 bits per heavy atom. The van der Waals surface area contributed by atoms with E-state index in [2.05, 4.69) is 14.9 Å². The van der Waals surface area contributed by atoms with Crippen molar-refractivity contribution in [3.8, 4) is 0 Å². The molecule has 0 aliphatic carbocycles. The van der Waals surface area contributed by atoms with Crippen LogP contribution in [0.4, 0.5) is 13.2 Å². The molecule has 0 amide bonds. The third-order valence-electron chi connectivity index (χ3n) is 5.57. The molecule has 0 spiro atoms. The first-order valence-corrected chi connectivity index (χ1v) is 10.0. The number of fused-ring (bicyclic) bond motifs is 3. The molecule has 1 aromatic carbocycles. The Hall–Kier alpha value is -2.39. The summed E-state index contributed by atoms with van der Waals surface area (Å²) in [4.78, 5) is 21.2. The lowest BCUT2D eigenvalue weighted by atomic mass is 9.93. The fraction of sp³-hybridized carbons (Fsp3) is 0.450. The van der Waals surface area contributed by atoms with E-state index in [9.17, 15) is 18.0 Å². The van der Waals surface area contributed by atoms with Crippen molar-refractivity contribution in [1.82, 2.24) is 19.4 Å². The van der Waals surface area contributed by atoms with Crippen molar-refractivity contribution in [3.63, 3.8) is 0 Å². The lowest BCUT2D eigenvalue weighted by molar-refractivity contribution is -0.139. The fourth-order valence-electron chi connectivity index (χ4n) is 4.22. The number of rotatable bonds is 5. The van der Waals surface area contributed by atoms with Crippen molar-refractivity contribution in [2.45, 2.75) is 38.5 Å². The molecule has 30 heavy (non-hydrogen) atoms. The Balaban J connectivity index is 1.63. The molecule has 1 aliphatic rings. The van der Waals surface area contributed by atoms with Crippen LogP contribution in [0.2, 0.25) is 5.15 Å². The molecule has 1 fully saturated rings. The Morgan fingerprint density at radius 1 is 1.23 bits per heavy atom. The molecule has 0 bridgehead atoms. The first-order valence-electron chi connectivity index (χ1n) is 9.63. The topological polar surface area (TPSA) is 71.2 Å². The molecule has 0 radical (unpaired) electrons. The lowest BCUT2D eigenvalue weighted by Gasteiger charge is -2.31. The van der Waals surface area contributed by atoms with Gasteiger partial charge < -0.3 is 9.67 Å². The van der Waals surface area contributed by atoms with Gasteiger partial charge in [-0.1, -0.05) is 17.7 Å². The van der Waals surface area contributed by atoms with E-state index in [-0.39, 0.29) is 23.0 Å². The van der Waals surface area contributed by atoms with Crippen LogP contribution in [0.25, 0.3) is 21.9 Å². The highest BCUT2D eigenvalue weighted by Crippen LogP contribution is 2.34. The number of piperidine rings is 1. The number of benzene rings is 1. The van der Waals surface area contributed by atoms with Gasteiger partial charge in [0.05, 0.1) is 5.52 Å². The summed E-state index contributed by atoms with van der Waals surface area (Å²) in [5.74, 6) is -0.574. The molecule has 160 valence electrons. The van der Waals surface area contributed by atoms with E-state index in [0.717, 1.165) is 36.1 Å². The zero-order valence-corrected chi connectivity index (χ0v) is 16.7. The fourth-order valence-corrected chi connectivity index (χ4v) is 4.45. The minimum atomic E-state index is -4.41. The Bertz CT molecular complexity index is 1090. The molecule has 3 aromatic rings. The second-order valence-electron chi connectivity index (χ2n) is 7.73. The van der Waals surface area contributed by atoms with Crippen molar-refractivity contribution in [3.05, 3.63) is 35.2 Å². The molecular formula is C20H20ClF3N4O2. The molecule has 3 heterocycles. The van der Waals surface area contributed by atoms with E-state index >= 15 is 0 Å². The summed E-state index contributed by atoms with van der Waals surface area (Å²) in [5, 5.41) is 9.54. The van der Waals surface area contributed by atoms with Gasteiger partial charge in [0.1, 0.15) is 23.9 Å². The van der Waals surface area contributed by atoms with Crippen molar-refractivity contribution >= 4 is 39.5 Å². The maximum absolute atomic E-state index is 13.2. The average Bonchev–Trinajstić information content (AvgIpc) is 2.96. The normalized spacial score (nSPS) is 16.5. The monoisotopic (exact) mass is 440 g/mol. The molecular weight excluding hydrogens is 421 g/mol. The van der Waals surface area contributed by atoms with Crippen LogP contribution in [0.3, 0.4) is 0 Å². The molecule has 10 heteroatoms. The molecule has 0 atom stereocenters. The number of aliphatic carboxylic acids is 1. The highest BCUT2D eigenvalue weighted by Gasteiger charge is 2.31. The molecule has 6 nitrogen and oxygen atoms in total. The van der Waals surface area contributed by atoms with Crippen molar-refractivity contribution in [1.29, 1.82) is 0 Å². The molecule has 2 aromatic heterocycles. The Morgan fingerprint density at radius 2 is 1.97 bits per heavy atom. The largest absolute Gasteiger partial charge is 0.481 e. The SMILES string of the molecule is O=C(O)CC1CCN(Cc2ccc3c(c2)c2ncnc(Cl)c2n3CC(F)(F)F)CC1. The summed E-state index contributed by atoms with van der Waals surface area (Å²) in [5.41, 5.74) is 1.95. The van der Waals surface area contributed by atoms with Gasteiger partial charge in [0.2, 0.25) is 0 Å². The Kier molecular flexibility index (Phi) is 5.59. The van der Waals surface area contributed by atoms with E-state index < -0.39 is 18.7 Å². The van der Waals surface area contributed by atoms with Gasteiger partial charge in [0.25, 0.3) is 0 Å². The summed E-state index contributed by atoms with van der Waals surface area (Å²) in [6.45, 7) is 1.05. The number of nitrogens with zero attached hydrogens (tertiary/aromatic N) is 4. The van der Waals surface area contributed by atoms with Crippen LogP contribution in [0.1, 0.15) is 24.8 Å². The number of aromatic nitrogens is 3. The van der Waals surface area contributed by atoms with Crippen LogP contribution in [0.5, 0.6) is 0 Å². The molecule has 1 N–H and O–H groups in total. The third kappa shape index (κ3) is 4.37. The quantitative estimate of drug-likeness (QED) is 0.592. The second-order valence-corrected chi connectivity index (χ2v) is 8.09. The number of carboxylic acids is 1. The summed E-state index contributed by atoms with van der Waals surface area (Å²) in [7, 11) is 0. The van der Waals surface area contributed by atoms with Gasteiger partial charge in [-0.2, -0.15) is 13.2 Å². The van der Waals surface area contributed by atoms with Crippen molar-refractivity contribution in [2.24, 2.45) is 5.92 Å². The first-order chi connectivity index (χ1) is 14.2. The zero-order valence-electron chi connectivity index (χ0n) is 16.0. The van der Waals surface area contributed by atoms with Gasteiger partial charge in [-0.15, -0.1) is 0 Å². The maximum Gasteiger partial charge on any atom is 0.406 e. The summed E-state index contributed by atoms with van der Waals surface area (Å²) < 4.78 is 40.6. The van der Waals surface area contributed by atoms with Gasteiger partial charge in [-0.3, -0.25) is 9.69 Å². The van der Waals surface area contributed by atoms with Gasteiger partial charge in [0, 0.05) is 18.4 Å². The Labute approximate surface area is 175 Å². The number of alkyl halides is 3. The minimum absolute atomic E-state index is 0.0116. The molecule has 1 aliphatic heterocycles. The summed E-state index contributed by atoms with van der Waals surface area (Å²) in [6.07, 6.45) is -1.32. The van der Waals surface area contributed by atoms with Crippen molar-refractivity contribution < 1.29 is 23.1 Å². The van der Waals surface area contributed by atoms with Crippen molar-refractivity contribution in [2.75, 3.05) is 13.1 Å². The molecule has 4 rings (SSSR count). The van der Waals surface area contributed by atoms with Gasteiger partial charge in [-0.05, 0) is 49.5 Å². The van der Waals surface area contributed by atoms with E-state index in [1.165, 1.54) is 6.33 Å². The number of likely N-dealkylation sites (tertiary alicyclic amines) is 1. The summed E-state index contributed by atoms with van der Waals surface area (Å²) in [6, 6.07) is 5.35. The van der Waals surface area contributed by atoms with E-state index in [0.29, 0.717) is 23.0 Å². The van der Waals surface area contributed by atoms with Crippen LogP contribution in [0, 0.1) is 5.92 Å².